The number of ether oxygens (including phenoxy) is 5. The number of benzene rings is 3. The van der Waals surface area contributed by atoms with Gasteiger partial charge in [0.15, 0.2) is 51.2 Å². The average molecular weight is 630 g/mol. The van der Waals surface area contributed by atoms with Crippen molar-refractivity contribution in [2.24, 2.45) is 11.8 Å². The molecule has 6 rings (SSSR count). The Morgan fingerprint density at radius 3 is 1.93 bits per heavy atom. The Hall–Kier alpha value is -4.31. The number of phenols is 1. The molecule has 0 unspecified atom stereocenters. The number of halogens is 5. The Morgan fingerprint density at radius 1 is 0.837 bits per heavy atom. The first-order valence-electron chi connectivity index (χ1n) is 12.5. The number of cyclic esters (lactones) is 1. The number of carbonyl (C=O) groups is 1. The van der Waals surface area contributed by atoms with Crippen LogP contribution in [0.15, 0.2) is 29.2 Å². The van der Waals surface area contributed by atoms with E-state index in [1.165, 1.54) is 38.5 Å². The lowest BCUT2D eigenvalue weighted by molar-refractivity contribution is -0.141. The maximum Gasteiger partial charge on any atom is 0.310 e. The number of aromatic hydroxyl groups is 1. The summed E-state index contributed by atoms with van der Waals surface area (Å²) in [6.45, 7) is -0.565. The molecule has 3 aromatic carbocycles. The van der Waals surface area contributed by atoms with Crippen LogP contribution in [0.1, 0.15) is 28.7 Å². The number of nitrogens with one attached hydrogen (secondary N) is 1. The van der Waals surface area contributed by atoms with Crippen LogP contribution in [0.2, 0.25) is 0 Å². The van der Waals surface area contributed by atoms with Crippen molar-refractivity contribution in [3.63, 3.8) is 0 Å². The number of methoxy groups -OCH3 is 2. The number of hydrogen-bond acceptors (Lipinski definition) is 9. The minimum absolute atomic E-state index is 0.00584. The van der Waals surface area contributed by atoms with Crippen LogP contribution in [0.3, 0.4) is 0 Å². The van der Waals surface area contributed by atoms with Gasteiger partial charge in [0.2, 0.25) is 28.4 Å². The standard InChI is InChI=1S/C27H20F5NO9S/c1-38-15-3-9(4-16(39-2)25(15)34)17-10-5-13-14(42-8-41-13)6-11(10)24(12-7-40-27(35)18(12)17)33-43(36,37)26-22(31)20(29)19(28)21(30)23(26)32/h3-6,12,17-18,24,33-34H,7-8H2,1-2H3/t12-,17+,18-,24+/m0/s1. The van der Waals surface area contributed by atoms with E-state index in [2.05, 4.69) is 4.72 Å². The molecule has 228 valence electrons. The summed E-state index contributed by atoms with van der Waals surface area (Å²) in [5.74, 6) is -16.3. The van der Waals surface area contributed by atoms with Gasteiger partial charge in [0.25, 0.3) is 0 Å². The molecule has 0 saturated carbocycles. The van der Waals surface area contributed by atoms with E-state index in [-0.39, 0.29) is 53.3 Å². The molecule has 2 N–H and O–H groups in total. The molecular formula is C27H20F5NO9S. The van der Waals surface area contributed by atoms with Crippen LogP contribution < -0.4 is 23.7 Å². The van der Waals surface area contributed by atoms with Crippen molar-refractivity contribution >= 4 is 16.0 Å². The predicted octanol–water partition coefficient (Wildman–Crippen LogP) is 3.79. The van der Waals surface area contributed by atoms with Crippen molar-refractivity contribution in [1.29, 1.82) is 0 Å². The topological polar surface area (TPSA) is 130 Å². The maximum atomic E-state index is 14.6. The Balaban J connectivity index is 1.56. The van der Waals surface area contributed by atoms with Gasteiger partial charge in [0.05, 0.1) is 32.8 Å². The first kappa shape index (κ1) is 28.8. The average Bonchev–Trinajstić information content (AvgIpc) is 3.60. The summed E-state index contributed by atoms with van der Waals surface area (Å²) in [5.41, 5.74) is 0.804. The van der Waals surface area contributed by atoms with E-state index in [0.717, 1.165) is 0 Å². The lowest BCUT2D eigenvalue weighted by Gasteiger charge is -2.39. The molecule has 3 aromatic rings. The molecule has 0 amide bonds. The second-order valence-electron chi connectivity index (χ2n) is 9.90. The molecule has 4 atom stereocenters. The highest BCUT2D eigenvalue weighted by Gasteiger charge is 2.54. The van der Waals surface area contributed by atoms with Crippen molar-refractivity contribution in [1.82, 2.24) is 4.72 Å². The molecule has 0 bridgehead atoms. The quantitative estimate of drug-likeness (QED) is 0.181. The van der Waals surface area contributed by atoms with Crippen molar-refractivity contribution in [3.8, 4) is 28.7 Å². The van der Waals surface area contributed by atoms with Crippen LogP contribution in [0.4, 0.5) is 22.0 Å². The van der Waals surface area contributed by atoms with E-state index in [9.17, 15) is 40.3 Å². The van der Waals surface area contributed by atoms with E-state index >= 15 is 0 Å². The zero-order valence-corrected chi connectivity index (χ0v) is 22.9. The smallest absolute Gasteiger partial charge is 0.310 e. The molecule has 10 nitrogen and oxygen atoms in total. The van der Waals surface area contributed by atoms with E-state index < -0.39 is 73.8 Å². The number of rotatable bonds is 6. The molecule has 1 fully saturated rings. The fraction of sp³-hybridized carbons (Fsp3) is 0.296. The van der Waals surface area contributed by atoms with Gasteiger partial charge in [-0.1, -0.05) is 0 Å². The van der Waals surface area contributed by atoms with E-state index in [0.29, 0.717) is 5.56 Å². The Bertz CT molecular complexity index is 1750. The zero-order valence-electron chi connectivity index (χ0n) is 22.0. The van der Waals surface area contributed by atoms with Gasteiger partial charge in [-0.2, -0.15) is 0 Å². The number of esters is 1. The van der Waals surface area contributed by atoms with Gasteiger partial charge >= 0.3 is 5.97 Å². The van der Waals surface area contributed by atoms with Crippen molar-refractivity contribution in [2.75, 3.05) is 27.6 Å². The number of fused-ring (bicyclic) bond motifs is 3. The second kappa shape index (κ2) is 10.2. The fourth-order valence-electron chi connectivity index (χ4n) is 5.85. The SMILES string of the molecule is COc1cc([C@@H]2c3cc4c(cc3[C@@H](NS(=O)(=O)c3c(F)c(F)c(F)c(F)c3F)[C@H]3COC(=O)[C@H]23)OCO4)cc(OC)c1O. The largest absolute Gasteiger partial charge is 0.502 e. The summed E-state index contributed by atoms with van der Waals surface area (Å²) in [6.07, 6.45) is 0. The number of hydrogen-bond donors (Lipinski definition) is 2. The molecule has 16 heteroatoms. The van der Waals surface area contributed by atoms with Gasteiger partial charge in [0, 0.05) is 11.8 Å². The van der Waals surface area contributed by atoms with Crippen LogP contribution >= 0.6 is 0 Å². The van der Waals surface area contributed by atoms with Crippen molar-refractivity contribution in [3.05, 3.63) is 70.0 Å². The summed E-state index contributed by atoms with van der Waals surface area (Å²) in [5, 5.41) is 10.5. The first-order valence-corrected chi connectivity index (χ1v) is 14.0. The number of phenolic OH excluding ortho intramolecular Hbond substituents is 1. The monoisotopic (exact) mass is 629 g/mol. The molecule has 1 aliphatic carbocycles. The van der Waals surface area contributed by atoms with E-state index in [1.807, 2.05) is 0 Å². The Labute approximate surface area is 239 Å². The van der Waals surface area contributed by atoms with Gasteiger partial charge in [-0.05, 0) is 41.0 Å². The second-order valence-corrected chi connectivity index (χ2v) is 11.6. The highest BCUT2D eigenvalue weighted by Crippen LogP contribution is 2.55. The molecule has 2 aliphatic heterocycles. The lowest BCUT2D eigenvalue weighted by atomic mass is 9.65. The van der Waals surface area contributed by atoms with Crippen molar-refractivity contribution < 1.29 is 64.0 Å². The van der Waals surface area contributed by atoms with Gasteiger partial charge in [0.1, 0.15) is 0 Å². The molecule has 1 saturated heterocycles. The summed E-state index contributed by atoms with van der Waals surface area (Å²) in [4.78, 5) is 11.1. The van der Waals surface area contributed by atoms with Crippen LogP contribution in [-0.2, 0) is 19.6 Å². The van der Waals surface area contributed by atoms with E-state index in [1.54, 1.807) is 0 Å². The molecule has 0 aromatic heterocycles. The number of carbonyl (C=O) groups excluding carboxylic acids is 1. The Morgan fingerprint density at radius 2 is 1.37 bits per heavy atom. The summed E-state index contributed by atoms with van der Waals surface area (Å²) < 4.78 is 126. The third kappa shape index (κ3) is 4.30. The van der Waals surface area contributed by atoms with Crippen LogP contribution in [-0.4, -0.2) is 47.1 Å². The lowest BCUT2D eigenvalue weighted by Crippen LogP contribution is -2.43. The number of sulfonamides is 1. The highest BCUT2D eigenvalue weighted by molar-refractivity contribution is 7.89. The highest BCUT2D eigenvalue weighted by atomic mass is 32.2. The first-order chi connectivity index (χ1) is 20.4. The van der Waals surface area contributed by atoms with Gasteiger partial charge in [-0.15, -0.1) is 0 Å². The third-order valence-corrected chi connectivity index (χ3v) is 9.23. The van der Waals surface area contributed by atoms with Gasteiger partial charge in [-0.3, -0.25) is 4.79 Å². The normalized spacial score (nSPS) is 22.2. The third-order valence-electron chi connectivity index (χ3n) is 7.77. The zero-order chi connectivity index (χ0) is 31.0. The summed E-state index contributed by atoms with van der Waals surface area (Å²) in [6, 6.07) is 4.29. The van der Waals surface area contributed by atoms with Gasteiger partial charge in [-0.25, -0.2) is 35.1 Å². The Kier molecular flexibility index (Phi) is 6.80. The van der Waals surface area contributed by atoms with Crippen LogP contribution in [0, 0.1) is 40.9 Å². The summed E-state index contributed by atoms with van der Waals surface area (Å²) in [7, 11) is -2.88. The van der Waals surface area contributed by atoms with E-state index in [4.69, 9.17) is 23.7 Å². The maximum absolute atomic E-state index is 14.6. The van der Waals surface area contributed by atoms with Gasteiger partial charge < -0.3 is 28.8 Å². The molecule has 43 heavy (non-hydrogen) atoms. The molecule has 2 heterocycles. The minimum atomic E-state index is -5.46. The molecule has 0 radical (unpaired) electrons. The predicted molar refractivity (Wildman–Crippen MR) is 133 cm³/mol. The fourth-order valence-corrected chi connectivity index (χ4v) is 7.26. The summed E-state index contributed by atoms with van der Waals surface area (Å²) >= 11 is 0. The molecule has 3 aliphatic rings. The molecular weight excluding hydrogens is 609 g/mol. The molecule has 0 spiro atoms. The van der Waals surface area contributed by atoms with Crippen LogP contribution in [0.5, 0.6) is 28.7 Å². The van der Waals surface area contributed by atoms with Crippen LogP contribution in [0.25, 0.3) is 0 Å². The van der Waals surface area contributed by atoms with Crippen molar-refractivity contribution in [2.45, 2.75) is 16.9 Å². The minimum Gasteiger partial charge on any atom is -0.502 e.